The Morgan fingerprint density at radius 1 is 1.24 bits per heavy atom. The van der Waals surface area contributed by atoms with E-state index in [0.717, 1.165) is 12.8 Å². The molecule has 0 saturated heterocycles. The maximum atomic E-state index is 12.0. The Kier molecular flexibility index (Phi) is 4.62. The largest absolute Gasteiger partial charge is 0.348 e. The molecule has 4 nitrogen and oxygen atoms in total. The van der Waals surface area contributed by atoms with Gasteiger partial charge in [0.05, 0.1) is 4.47 Å². The standard InChI is InChI=1S/C11H15Br2N3O/c12-8-9(15-16-10(8)13)11(17)14-7-5-3-1-2-4-6-7/h7H,1-6H2,(H,14,17)(H,15,16). The van der Waals surface area contributed by atoms with Crippen molar-refractivity contribution in [3.63, 3.8) is 0 Å². The molecule has 6 heteroatoms. The Morgan fingerprint density at radius 2 is 1.88 bits per heavy atom. The molecule has 94 valence electrons. The number of hydrogen-bond donors (Lipinski definition) is 2. The average molecular weight is 365 g/mol. The third-order valence-electron chi connectivity index (χ3n) is 3.07. The molecule has 0 aliphatic heterocycles. The molecule has 0 aromatic carbocycles. The van der Waals surface area contributed by atoms with Crippen LogP contribution in [0.25, 0.3) is 0 Å². The van der Waals surface area contributed by atoms with Gasteiger partial charge in [-0.25, -0.2) is 0 Å². The number of carbonyl (C=O) groups is 1. The highest BCUT2D eigenvalue weighted by Gasteiger charge is 2.20. The van der Waals surface area contributed by atoms with Crippen LogP contribution in [-0.4, -0.2) is 22.1 Å². The van der Waals surface area contributed by atoms with Crippen LogP contribution in [0.3, 0.4) is 0 Å². The number of H-pyrrole nitrogens is 1. The van der Waals surface area contributed by atoms with E-state index in [1.54, 1.807) is 0 Å². The highest BCUT2D eigenvalue weighted by atomic mass is 79.9. The van der Waals surface area contributed by atoms with Gasteiger partial charge in [0.2, 0.25) is 0 Å². The van der Waals surface area contributed by atoms with Crippen LogP contribution in [0.1, 0.15) is 49.0 Å². The van der Waals surface area contributed by atoms with Gasteiger partial charge in [-0.3, -0.25) is 9.89 Å². The minimum atomic E-state index is -0.106. The Morgan fingerprint density at radius 3 is 2.41 bits per heavy atom. The average Bonchev–Trinajstić information content (AvgIpc) is 2.55. The number of halogens is 2. The number of hydrogen-bond acceptors (Lipinski definition) is 2. The molecule has 1 aromatic rings. The fraction of sp³-hybridized carbons (Fsp3) is 0.636. The molecule has 1 heterocycles. The van der Waals surface area contributed by atoms with E-state index in [0.29, 0.717) is 20.8 Å². The lowest BCUT2D eigenvalue weighted by atomic mass is 10.1. The van der Waals surface area contributed by atoms with Gasteiger partial charge in [0.25, 0.3) is 5.91 Å². The number of nitrogens with zero attached hydrogens (tertiary/aromatic N) is 1. The fourth-order valence-corrected chi connectivity index (χ4v) is 2.77. The van der Waals surface area contributed by atoms with Gasteiger partial charge in [0, 0.05) is 6.04 Å². The Balaban J connectivity index is 1.98. The fourth-order valence-electron chi connectivity index (χ4n) is 2.13. The lowest BCUT2D eigenvalue weighted by Crippen LogP contribution is -2.34. The molecular formula is C11H15Br2N3O. The van der Waals surface area contributed by atoms with E-state index in [2.05, 4.69) is 47.4 Å². The highest BCUT2D eigenvalue weighted by molar-refractivity contribution is 9.13. The third kappa shape index (κ3) is 3.31. The summed E-state index contributed by atoms with van der Waals surface area (Å²) in [4.78, 5) is 12.0. The van der Waals surface area contributed by atoms with Gasteiger partial charge in [-0.1, -0.05) is 25.7 Å². The van der Waals surface area contributed by atoms with Crippen molar-refractivity contribution in [2.45, 2.75) is 44.6 Å². The molecule has 1 aromatic heterocycles. The zero-order valence-electron chi connectivity index (χ0n) is 9.43. The maximum Gasteiger partial charge on any atom is 0.273 e. The van der Waals surface area contributed by atoms with E-state index < -0.39 is 0 Å². The first-order valence-electron chi connectivity index (χ1n) is 5.88. The molecule has 0 radical (unpaired) electrons. The van der Waals surface area contributed by atoms with Gasteiger partial charge in [-0.05, 0) is 44.7 Å². The first-order chi connectivity index (χ1) is 8.18. The minimum Gasteiger partial charge on any atom is -0.348 e. The van der Waals surface area contributed by atoms with Crippen LogP contribution in [0.5, 0.6) is 0 Å². The normalized spacial score (nSPS) is 17.8. The van der Waals surface area contributed by atoms with Crippen molar-refractivity contribution in [3.8, 4) is 0 Å². The van der Waals surface area contributed by atoms with E-state index in [9.17, 15) is 4.79 Å². The molecule has 2 N–H and O–H groups in total. The topological polar surface area (TPSA) is 57.8 Å². The number of nitrogens with one attached hydrogen (secondary N) is 2. The molecular weight excluding hydrogens is 350 g/mol. The van der Waals surface area contributed by atoms with Gasteiger partial charge >= 0.3 is 0 Å². The molecule has 0 unspecified atom stereocenters. The number of aromatic amines is 1. The molecule has 1 fully saturated rings. The van der Waals surface area contributed by atoms with Gasteiger partial charge < -0.3 is 5.32 Å². The summed E-state index contributed by atoms with van der Waals surface area (Å²) in [6, 6.07) is 0.298. The molecule has 0 spiro atoms. The number of rotatable bonds is 2. The second kappa shape index (κ2) is 6.00. The van der Waals surface area contributed by atoms with Gasteiger partial charge in [-0.15, -0.1) is 0 Å². The zero-order valence-corrected chi connectivity index (χ0v) is 12.6. The van der Waals surface area contributed by atoms with Gasteiger partial charge in [0.15, 0.2) is 5.69 Å². The van der Waals surface area contributed by atoms with Crippen LogP contribution < -0.4 is 5.32 Å². The third-order valence-corrected chi connectivity index (χ3v) is 4.95. The van der Waals surface area contributed by atoms with Crippen molar-refractivity contribution in [1.82, 2.24) is 15.5 Å². The summed E-state index contributed by atoms with van der Waals surface area (Å²) in [6.07, 6.45) is 7.13. The van der Waals surface area contributed by atoms with Crippen LogP contribution in [0.15, 0.2) is 9.08 Å². The molecule has 1 amide bonds. The second-order valence-electron chi connectivity index (χ2n) is 4.36. The number of aromatic nitrogens is 2. The lowest BCUT2D eigenvalue weighted by molar-refractivity contribution is 0.0927. The summed E-state index contributed by atoms with van der Waals surface area (Å²) in [5.41, 5.74) is 0.418. The number of amides is 1. The summed E-state index contributed by atoms with van der Waals surface area (Å²) in [7, 11) is 0. The van der Waals surface area contributed by atoms with Crippen LogP contribution in [-0.2, 0) is 0 Å². The van der Waals surface area contributed by atoms with Gasteiger partial charge in [-0.2, -0.15) is 5.10 Å². The van der Waals surface area contributed by atoms with Crippen molar-refractivity contribution in [2.75, 3.05) is 0 Å². The van der Waals surface area contributed by atoms with Crippen molar-refractivity contribution < 1.29 is 4.79 Å². The van der Waals surface area contributed by atoms with Crippen LogP contribution >= 0.6 is 31.9 Å². The Labute approximate surface area is 117 Å². The summed E-state index contributed by atoms with van der Waals surface area (Å²) < 4.78 is 1.38. The second-order valence-corrected chi connectivity index (χ2v) is 5.95. The summed E-state index contributed by atoms with van der Waals surface area (Å²) in [6.45, 7) is 0. The Hall–Kier alpha value is -0.360. The van der Waals surface area contributed by atoms with E-state index in [1.807, 2.05) is 0 Å². The predicted octanol–water partition coefficient (Wildman–Crippen LogP) is 3.39. The summed E-state index contributed by atoms with van der Waals surface area (Å²) >= 11 is 6.61. The van der Waals surface area contributed by atoms with Crippen LogP contribution in [0.4, 0.5) is 0 Å². The first kappa shape index (κ1) is 13.1. The molecule has 1 saturated carbocycles. The van der Waals surface area contributed by atoms with Gasteiger partial charge in [0.1, 0.15) is 4.60 Å². The monoisotopic (exact) mass is 363 g/mol. The predicted molar refractivity (Wildman–Crippen MR) is 72.9 cm³/mol. The van der Waals surface area contributed by atoms with E-state index in [-0.39, 0.29) is 5.91 Å². The molecule has 0 atom stereocenters. The first-order valence-corrected chi connectivity index (χ1v) is 7.47. The van der Waals surface area contributed by atoms with E-state index >= 15 is 0 Å². The maximum absolute atomic E-state index is 12.0. The van der Waals surface area contributed by atoms with Crippen molar-refractivity contribution in [2.24, 2.45) is 0 Å². The quantitative estimate of drug-likeness (QED) is 0.790. The summed E-state index contributed by atoms with van der Waals surface area (Å²) in [5.74, 6) is -0.106. The molecule has 2 rings (SSSR count). The molecule has 1 aliphatic carbocycles. The molecule has 0 bridgehead atoms. The summed E-state index contributed by atoms with van der Waals surface area (Å²) in [5, 5.41) is 9.76. The van der Waals surface area contributed by atoms with Crippen LogP contribution in [0.2, 0.25) is 0 Å². The highest BCUT2D eigenvalue weighted by Crippen LogP contribution is 2.24. The van der Waals surface area contributed by atoms with Crippen LogP contribution in [0, 0.1) is 0 Å². The SMILES string of the molecule is O=C(NC1CCCCCC1)c1n[nH]c(Br)c1Br. The van der Waals surface area contributed by atoms with E-state index in [4.69, 9.17) is 0 Å². The Bertz CT molecular complexity index is 397. The van der Waals surface area contributed by atoms with Crippen molar-refractivity contribution in [3.05, 3.63) is 14.8 Å². The van der Waals surface area contributed by atoms with Crippen molar-refractivity contribution in [1.29, 1.82) is 0 Å². The van der Waals surface area contributed by atoms with E-state index in [1.165, 1.54) is 25.7 Å². The van der Waals surface area contributed by atoms with Crippen molar-refractivity contribution >= 4 is 37.8 Å². The minimum absolute atomic E-state index is 0.106. The smallest absolute Gasteiger partial charge is 0.273 e. The lowest BCUT2D eigenvalue weighted by Gasteiger charge is -2.15. The molecule has 1 aliphatic rings. The zero-order chi connectivity index (χ0) is 12.3. The molecule has 17 heavy (non-hydrogen) atoms. The number of carbonyl (C=O) groups excluding carboxylic acids is 1.